The summed E-state index contributed by atoms with van der Waals surface area (Å²) in [7, 11) is -1.55. The highest BCUT2D eigenvalue weighted by Gasteiger charge is 2.36. The molecule has 2 atom stereocenters. The Labute approximate surface area is 172 Å². The summed E-state index contributed by atoms with van der Waals surface area (Å²) < 4.78 is 27.7. The van der Waals surface area contributed by atoms with Crippen LogP contribution in [0.25, 0.3) is 0 Å². The summed E-state index contributed by atoms with van der Waals surface area (Å²) in [6.45, 7) is 5.23. The smallest absolute Gasteiger partial charge is 0.252 e. The molecule has 9 heteroatoms. The molecule has 1 amide bonds. The molecule has 0 radical (unpaired) electrons. The van der Waals surface area contributed by atoms with Crippen LogP contribution in [0.2, 0.25) is 0 Å². The number of halogens is 1. The molecule has 1 aromatic heterocycles. The fourth-order valence-electron chi connectivity index (χ4n) is 4.02. The van der Waals surface area contributed by atoms with Gasteiger partial charge in [0.15, 0.2) is 0 Å². The SMILES string of the molecule is CNCC1CCCN(C(=O)C2CCCN(S(=O)(=O)c3ccc(C)s3)C2)C1.Cl. The fourth-order valence-corrected chi connectivity index (χ4v) is 6.98. The van der Waals surface area contributed by atoms with E-state index in [1.165, 1.54) is 15.6 Å². The van der Waals surface area contributed by atoms with E-state index >= 15 is 0 Å². The summed E-state index contributed by atoms with van der Waals surface area (Å²) in [4.78, 5) is 15.9. The Kier molecular flexibility index (Phi) is 8.12. The molecule has 2 saturated heterocycles. The van der Waals surface area contributed by atoms with Crippen LogP contribution in [0.1, 0.15) is 30.6 Å². The van der Waals surface area contributed by atoms with E-state index in [9.17, 15) is 13.2 Å². The van der Waals surface area contributed by atoms with E-state index in [0.717, 1.165) is 50.2 Å². The first-order chi connectivity index (χ1) is 12.4. The lowest BCUT2D eigenvalue weighted by Crippen LogP contribution is -2.49. The van der Waals surface area contributed by atoms with Crippen LogP contribution < -0.4 is 5.32 Å². The Morgan fingerprint density at radius 3 is 2.63 bits per heavy atom. The van der Waals surface area contributed by atoms with Gasteiger partial charge in [0.1, 0.15) is 4.21 Å². The number of aryl methyl sites for hydroxylation is 1. The molecular formula is C18H30ClN3O3S2. The largest absolute Gasteiger partial charge is 0.342 e. The summed E-state index contributed by atoms with van der Waals surface area (Å²) in [5, 5.41) is 3.20. The highest BCUT2D eigenvalue weighted by molar-refractivity contribution is 7.91. The molecule has 2 unspecified atom stereocenters. The second-order valence-electron chi connectivity index (χ2n) is 7.42. The zero-order chi connectivity index (χ0) is 18.7. The molecule has 1 N–H and O–H groups in total. The van der Waals surface area contributed by atoms with Crippen LogP contribution in [0.5, 0.6) is 0 Å². The van der Waals surface area contributed by atoms with Crippen molar-refractivity contribution in [3.05, 3.63) is 17.0 Å². The third kappa shape index (κ3) is 5.23. The molecule has 0 saturated carbocycles. The average Bonchev–Trinajstić information content (AvgIpc) is 3.09. The Morgan fingerprint density at radius 1 is 1.22 bits per heavy atom. The lowest BCUT2D eigenvalue weighted by molar-refractivity contribution is -0.138. The lowest BCUT2D eigenvalue weighted by atomic mass is 9.93. The number of hydrogen-bond donors (Lipinski definition) is 1. The number of carbonyl (C=O) groups is 1. The van der Waals surface area contributed by atoms with Crippen LogP contribution in [0.3, 0.4) is 0 Å². The maximum Gasteiger partial charge on any atom is 0.252 e. The van der Waals surface area contributed by atoms with Crippen LogP contribution in [0.15, 0.2) is 16.3 Å². The molecule has 0 bridgehead atoms. The van der Waals surface area contributed by atoms with E-state index < -0.39 is 10.0 Å². The second kappa shape index (κ2) is 9.69. The van der Waals surface area contributed by atoms with Gasteiger partial charge in [-0.2, -0.15) is 4.31 Å². The first-order valence-corrected chi connectivity index (χ1v) is 11.7. The van der Waals surface area contributed by atoms with Gasteiger partial charge in [-0.1, -0.05) is 0 Å². The predicted molar refractivity (Wildman–Crippen MR) is 111 cm³/mol. The fraction of sp³-hybridized carbons (Fsp3) is 0.722. The van der Waals surface area contributed by atoms with Crippen molar-refractivity contribution in [3.63, 3.8) is 0 Å². The van der Waals surface area contributed by atoms with Gasteiger partial charge in [-0.3, -0.25) is 4.79 Å². The zero-order valence-corrected chi connectivity index (χ0v) is 18.5. The van der Waals surface area contributed by atoms with Gasteiger partial charge in [-0.05, 0) is 64.3 Å². The molecule has 6 nitrogen and oxygen atoms in total. The first-order valence-electron chi connectivity index (χ1n) is 9.42. The summed E-state index contributed by atoms with van der Waals surface area (Å²) in [6.07, 6.45) is 3.70. The van der Waals surface area contributed by atoms with Crippen molar-refractivity contribution in [1.82, 2.24) is 14.5 Å². The number of hydrogen-bond acceptors (Lipinski definition) is 5. The maximum atomic E-state index is 13.0. The molecule has 27 heavy (non-hydrogen) atoms. The summed E-state index contributed by atoms with van der Waals surface area (Å²) >= 11 is 1.30. The van der Waals surface area contributed by atoms with E-state index in [1.807, 2.05) is 24.9 Å². The Morgan fingerprint density at radius 2 is 1.96 bits per heavy atom. The first kappa shape index (κ1) is 22.6. The third-order valence-corrected chi connectivity index (χ3v) is 8.70. The van der Waals surface area contributed by atoms with Gasteiger partial charge in [0.25, 0.3) is 10.0 Å². The van der Waals surface area contributed by atoms with Crippen molar-refractivity contribution < 1.29 is 13.2 Å². The van der Waals surface area contributed by atoms with Crippen LogP contribution in [-0.2, 0) is 14.8 Å². The van der Waals surface area contributed by atoms with Crippen molar-refractivity contribution in [2.45, 2.75) is 36.8 Å². The lowest BCUT2D eigenvalue weighted by Gasteiger charge is -2.37. The molecule has 3 heterocycles. The van der Waals surface area contributed by atoms with E-state index in [2.05, 4.69) is 5.32 Å². The maximum absolute atomic E-state index is 13.0. The minimum Gasteiger partial charge on any atom is -0.342 e. The number of rotatable bonds is 5. The normalized spacial score (nSPS) is 24.4. The standard InChI is InChI=1S/C18H29N3O3S2.ClH/c1-14-7-8-17(25-14)26(23,24)21-10-4-6-16(13-21)18(22)20-9-3-5-15(12-20)11-19-2;/h7-8,15-16,19H,3-6,9-13H2,1-2H3;1H. The van der Waals surface area contributed by atoms with Gasteiger partial charge in [0.05, 0.1) is 5.92 Å². The minimum atomic E-state index is -3.49. The number of nitrogens with one attached hydrogen (secondary N) is 1. The van der Waals surface area contributed by atoms with Crippen molar-refractivity contribution in [2.75, 3.05) is 39.8 Å². The molecule has 1 aromatic rings. The van der Waals surface area contributed by atoms with Gasteiger partial charge >= 0.3 is 0 Å². The van der Waals surface area contributed by atoms with E-state index in [0.29, 0.717) is 23.2 Å². The molecule has 3 rings (SSSR count). The van der Waals surface area contributed by atoms with Gasteiger partial charge < -0.3 is 10.2 Å². The monoisotopic (exact) mass is 435 g/mol. The van der Waals surface area contributed by atoms with E-state index in [1.54, 1.807) is 6.07 Å². The molecule has 0 aliphatic carbocycles. The molecule has 0 aromatic carbocycles. The molecule has 2 fully saturated rings. The molecule has 2 aliphatic heterocycles. The Bertz CT molecular complexity index is 736. The number of sulfonamides is 1. The predicted octanol–water partition coefficient (Wildman–Crippen LogP) is 2.34. The van der Waals surface area contributed by atoms with Crippen molar-refractivity contribution in [1.29, 1.82) is 0 Å². The average molecular weight is 436 g/mol. The topological polar surface area (TPSA) is 69.7 Å². The molecule has 2 aliphatic rings. The number of nitrogens with zero attached hydrogens (tertiary/aromatic N) is 2. The van der Waals surface area contributed by atoms with Crippen LogP contribution in [-0.4, -0.2) is 63.3 Å². The number of likely N-dealkylation sites (tertiary alicyclic amines) is 1. The van der Waals surface area contributed by atoms with Gasteiger partial charge in [0, 0.05) is 31.1 Å². The van der Waals surface area contributed by atoms with Crippen LogP contribution in [0.4, 0.5) is 0 Å². The molecular weight excluding hydrogens is 406 g/mol. The summed E-state index contributed by atoms with van der Waals surface area (Å²) in [6, 6.07) is 3.51. The summed E-state index contributed by atoms with van der Waals surface area (Å²) in [5.41, 5.74) is 0. The quantitative estimate of drug-likeness (QED) is 0.770. The minimum absolute atomic E-state index is 0. The van der Waals surface area contributed by atoms with Gasteiger partial charge in [-0.15, -0.1) is 23.7 Å². The second-order valence-corrected chi connectivity index (χ2v) is 10.9. The Hall–Kier alpha value is -0.670. The number of amides is 1. The third-order valence-electron chi connectivity index (χ3n) is 5.37. The van der Waals surface area contributed by atoms with Crippen molar-refractivity contribution in [3.8, 4) is 0 Å². The molecule has 154 valence electrons. The highest BCUT2D eigenvalue weighted by atomic mass is 35.5. The van der Waals surface area contributed by atoms with Crippen molar-refractivity contribution in [2.24, 2.45) is 11.8 Å². The van der Waals surface area contributed by atoms with E-state index in [-0.39, 0.29) is 24.2 Å². The van der Waals surface area contributed by atoms with E-state index in [4.69, 9.17) is 0 Å². The van der Waals surface area contributed by atoms with Crippen molar-refractivity contribution >= 4 is 39.7 Å². The number of thiophene rings is 1. The van der Waals surface area contributed by atoms with Gasteiger partial charge in [-0.25, -0.2) is 8.42 Å². The highest BCUT2D eigenvalue weighted by Crippen LogP contribution is 2.29. The zero-order valence-electron chi connectivity index (χ0n) is 16.0. The van der Waals surface area contributed by atoms with Crippen LogP contribution in [0, 0.1) is 18.8 Å². The Balaban J connectivity index is 0.00000261. The number of piperidine rings is 2. The number of carbonyl (C=O) groups excluding carboxylic acids is 1. The summed E-state index contributed by atoms with van der Waals surface area (Å²) in [5.74, 6) is 0.413. The van der Waals surface area contributed by atoms with Gasteiger partial charge in [0.2, 0.25) is 5.91 Å². The van der Waals surface area contributed by atoms with Crippen LogP contribution >= 0.6 is 23.7 Å². The molecule has 0 spiro atoms.